The third-order valence-corrected chi connectivity index (χ3v) is 5.83. The van der Waals surface area contributed by atoms with Crippen LogP contribution in [0.1, 0.15) is 23.6 Å². The Kier molecular flexibility index (Phi) is 7.38. The Hall–Kier alpha value is -3.82. The number of hydrogen-bond acceptors (Lipinski definition) is 6. The van der Waals surface area contributed by atoms with Crippen molar-refractivity contribution in [3.05, 3.63) is 83.4 Å². The van der Waals surface area contributed by atoms with Crippen LogP contribution in [0.2, 0.25) is 0 Å². The Balaban J connectivity index is 1.33. The molecule has 0 saturated heterocycles. The number of aliphatic hydroxyl groups excluding tert-OH is 2. The molecule has 3 N–H and O–H groups in total. The number of carbonyl (C=O) groups excluding carboxylic acids is 2. The molecule has 2 aromatic carbocycles. The Morgan fingerprint density at radius 1 is 1.09 bits per heavy atom. The number of amides is 2. The van der Waals surface area contributed by atoms with Crippen LogP contribution in [0, 0.1) is 5.82 Å². The molecule has 0 saturated carbocycles. The summed E-state index contributed by atoms with van der Waals surface area (Å²) in [7, 11) is 0. The van der Waals surface area contributed by atoms with E-state index in [0.717, 1.165) is 27.8 Å². The third kappa shape index (κ3) is 5.47. The normalized spacial score (nSPS) is 14.2. The molecule has 8 nitrogen and oxygen atoms in total. The van der Waals surface area contributed by atoms with Gasteiger partial charge in [-0.1, -0.05) is 24.3 Å². The van der Waals surface area contributed by atoms with Crippen molar-refractivity contribution in [1.82, 2.24) is 15.2 Å². The number of rotatable bonds is 8. The number of pyridine rings is 1. The van der Waals surface area contributed by atoms with Gasteiger partial charge in [-0.25, -0.2) is 4.39 Å². The molecule has 0 aliphatic carbocycles. The van der Waals surface area contributed by atoms with Crippen molar-refractivity contribution < 1.29 is 28.9 Å². The van der Waals surface area contributed by atoms with E-state index in [0.29, 0.717) is 12.4 Å². The number of ether oxygens (including phenoxy) is 1. The topological polar surface area (TPSA) is 112 Å². The van der Waals surface area contributed by atoms with Gasteiger partial charge in [0.2, 0.25) is 0 Å². The largest absolute Gasteiger partial charge is 0.493 e. The van der Waals surface area contributed by atoms with Crippen LogP contribution in [-0.2, 0) is 29.2 Å². The molecule has 1 aromatic heterocycles. The molecule has 0 unspecified atom stereocenters. The fourth-order valence-corrected chi connectivity index (χ4v) is 3.95. The van der Waals surface area contributed by atoms with Gasteiger partial charge < -0.3 is 25.2 Å². The molecule has 1 aliphatic rings. The van der Waals surface area contributed by atoms with Gasteiger partial charge in [0.05, 0.1) is 6.61 Å². The van der Waals surface area contributed by atoms with Crippen LogP contribution >= 0.6 is 0 Å². The Labute approximate surface area is 202 Å². The van der Waals surface area contributed by atoms with Crippen LogP contribution in [0.25, 0.3) is 11.1 Å². The molecule has 2 heterocycles. The number of aromatic nitrogens is 1. The molecule has 0 fully saturated rings. The summed E-state index contributed by atoms with van der Waals surface area (Å²) in [5.41, 5.74) is 4.06. The summed E-state index contributed by atoms with van der Waals surface area (Å²) in [5.74, 6) is -1.53. The van der Waals surface area contributed by atoms with Gasteiger partial charge in [0.1, 0.15) is 11.6 Å². The zero-order valence-electron chi connectivity index (χ0n) is 19.1. The highest BCUT2D eigenvalue weighted by Crippen LogP contribution is 2.31. The van der Waals surface area contributed by atoms with Crippen molar-refractivity contribution in [2.45, 2.75) is 38.8 Å². The van der Waals surface area contributed by atoms with Crippen LogP contribution in [0.3, 0.4) is 0 Å². The molecular weight excluding hydrogens is 453 g/mol. The summed E-state index contributed by atoms with van der Waals surface area (Å²) in [6.45, 7) is 2.85. The second kappa shape index (κ2) is 10.6. The van der Waals surface area contributed by atoms with E-state index in [1.54, 1.807) is 36.7 Å². The van der Waals surface area contributed by atoms with Crippen molar-refractivity contribution in [3.63, 3.8) is 0 Å². The quantitative estimate of drug-likeness (QED) is 0.457. The molecule has 0 radical (unpaired) electrons. The Morgan fingerprint density at radius 3 is 2.54 bits per heavy atom. The van der Waals surface area contributed by atoms with Crippen LogP contribution in [0.5, 0.6) is 5.75 Å². The molecular formula is C26H26FN3O5. The number of fused-ring (bicyclic) bond motifs is 1. The second-order valence-corrected chi connectivity index (χ2v) is 8.22. The van der Waals surface area contributed by atoms with Gasteiger partial charge >= 0.3 is 0 Å². The highest BCUT2D eigenvalue weighted by atomic mass is 19.1. The van der Waals surface area contributed by atoms with Crippen LogP contribution < -0.4 is 10.1 Å². The lowest BCUT2D eigenvalue weighted by atomic mass is 10.0. The number of hydrogen-bond donors (Lipinski definition) is 3. The van der Waals surface area contributed by atoms with Crippen molar-refractivity contribution in [1.29, 1.82) is 0 Å². The number of carbonyl (C=O) groups is 2. The highest BCUT2D eigenvalue weighted by Gasteiger charge is 2.35. The predicted octanol–water partition coefficient (Wildman–Crippen LogP) is 2.17. The third-order valence-electron chi connectivity index (χ3n) is 5.83. The molecule has 35 heavy (non-hydrogen) atoms. The summed E-state index contributed by atoms with van der Waals surface area (Å²) in [5, 5.41) is 23.1. The van der Waals surface area contributed by atoms with Gasteiger partial charge in [-0.2, -0.15) is 0 Å². The van der Waals surface area contributed by atoms with Crippen molar-refractivity contribution >= 4 is 11.8 Å². The lowest BCUT2D eigenvalue weighted by Gasteiger charge is -2.22. The molecule has 0 spiro atoms. The highest BCUT2D eigenvalue weighted by molar-refractivity contribution is 5.91. The minimum atomic E-state index is -1.91. The molecule has 2 atom stereocenters. The van der Waals surface area contributed by atoms with Crippen LogP contribution in [-0.4, -0.2) is 50.7 Å². The first-order chi connectivity index (χ1) is 16.9. The summed E-state index contributed by atoms with van der Waals surface area (Å²) in [6, 6.07) is 13.3. The van der Waals surface area contributed by atoms with Crippen LogP contribution in [0.15, 0.2) is 60.9 Å². The molecule has 4 rings (SSSR count). The van der Waals surface area contributed by atoms with E-state index in [-0.39, 0.29) is 25.5 Å². The molecule has 2 amide bonds. The summed E-state index contributed by atoms with van der Waals surface area (Å²) < 4.78 is 19.1. The fraction of sp³-hybridized carbons (Fsp3) is 0.269. The average Bonchev–Trinajstić information content (AvgIpc) is 3.31. The van der Waals surface area contributed by atoms with Crippen molar-refractivity contribution in [3.8, 4) is 16.9 Å². The van der Waals surface area contributed by atoms with Crippen LogP contribution in [0.4, 0.5) is 4.39 Å². The maximum atomic E-state index is 13.6. The van der Waals surface area contributed by atoms with E-state index >= 15 is 0 Å². The maximum absolute atomic E-state index is 13.6. The molecule has 1 aliphatic heterocycles. The van der Waals surface area contributed by atoms with Gasteiger partial charge in [0, 0.05) is 43.7 Å². The monoisotopic (exact) mass is 479 g/mol. The van der Waals surface area contributed by atoms with Crippen molar-refractivity contribution in [2.75, 3.05) is 6.61 Å². The van der Waals surface area contributed by atoms with E-state index in [1.165, 1.54) is 17.0 Å². The van der Waals surface area contributed by atoms with E-state index in [4.69, 9.17) is 4.74 Å². The first kappa shape index (κ1) is 24.3. The minimum Gasteiger partial charge on any atom is -0.493 e. The van der Waals surface area contributed by atoms with Gasteiger partial charge in [0.15, 0.2) is 12.2 Å². The predicted molar refractivity (Wildman–Crippen MR) is 125 cm³/mol. The number of benzene rings is 2. The van der Waals surface area contributed by atoms with E-state index < -0.39 is 24.0 Å². The van der Waals surface area contributed by atoms with E-state index in [2.05, 4.69) is 10.3 Å². The lowest BCUT2D eigenvalue weighted by molar-refractivity contribution is -0.153. The SMILES string of the molecule is CCOc1cc(F)ccc1-c1ccc(CNC(=O)[C@H](O)[C@@H](O)C(=O)N2Cc3ccncc3C2)cc1. The molecule has 9 heteroatoms. The molecule has 182 valence electrons. The second-order valence-electron chi connectivity index (χ2n) is 8.22. The Morgan fingerprint density at radius 2 is 1.83 bits per heavy atom. The molecule has 3 aromatic rings. The van der Waals surface area contributed by atoms with Gasteiger partial charge in [-0.05, 0) is 47.4 Å². The first-order valence-corrected chi connectivity index (χ1v) is 11.2. The minimum absolute atomic E-state index is 0.0830. The standard InChI is InChI=1S/C26H26FN3O5/c1-2-35-22-11-20(27)7-8-21(22)17-5-3-16(4-6-17)12-29-25(33)23(31)24(32)26(34)30-14-18-9-10-28-13-19(18)15-30/h3-11,13,23-24,31-32H,2,12,14-15H2,1H3,(H,29,33)/t23-,24-/m1/s1. The smallest absolute Gasteiger partial charge is 0.255 e. The zero-order chi connectivity index (χ0) is 24.9. The average molecular weight is 480 g/mol. The Bertz CT molecular complexity index is 1190. The summed E-state index contributed by atoms with van der Waals surface area (Å²) in [4.78, 5) is 30.3. The molecule has 0 bridgehead atoms. The van der Waals surface area contributed by atoms with E-state index in [9.17, 15) is 24.2 Å². The fourth-order valence-electron chi connectivity index (χ4n) is 3.95. The number of nitrogens with one attached hydrogen (secondary N) is 1. The van der Waals surface area contributed by atoms with Crippen molar-refractivity contribution in [2.24, 2.45) is 0 Å². The van der Waals surface area contributed by atoms with Gasteiger partial charge in [-0.15, -0.1) is 0 Å². The van der Waals surface area contributed by atoms with Gasteiger partial charge in [-0.3, -0.25) is 14.6 Å². The summed E-state index contributed by atoms with van der Waals surface area (Å²) in [6.07, 6.45) is -0.515. The van der Waals surface area contributed by atoms with E-state index in [1.807, 2.05) is 19.1 Å². The number of nitrogens with zero attached hydrogens (tertiary/aromatic N) is 2. The maximum Gasteiger partial charge on any atom is 0.255 e. The number of halogens is 1. The van der Waals surface area contributed by atoms with Gasteiger partial charge in [0.25, 0.3) is 11.8 Å². The number of aliphatic hydroxyl groups is 2. The zero-order valence-corrected chi connectivity index (χ0v) is 19.1. The summed E-state index contributed by atoms with van der Waals surface area (Å²) >= 11 is 0. The lowest BCUT2D eigenvalue weighted by Crippen LogP contribution is -2.49. The first-order valence-electron chi connectivity index (χ1n) is 11.2.